The average molecular weight is 491 g/mol. The van der Waals surface area contributed by atoms with Crippen molar-refractivity contribution in [3.63, 3.8) is 0 Å². The van der Waals surface area contributed by atoms with Crippen LogP contribution >= 0.6 is 0 Å². The number of halogens is 2. The second-order valence-corrected chi connectivity index (χ2v) is 11.3. The Morgan fingerprint density at radius 2 is 1.88 bits per heavy atom. The van der Waals surface area contributed by atoms with Crippen molar-refractivity contribution >= 4 is 21.7 Å². The molecule has 10 heteroatoms. The third-order valence-electron chi connectivity index (χ3n) is 6.88. The summed E-state index contributed by atoms with van der Waals surface area (Å²) in [6.07, 6.45) is 2.33. The number of carbonyl (C=O) groups is 2. The van der Waals surface area contributed by atoms with Crippen LogP contribution in [0.4, 0.5) is 8.78 Å². The first kappa shape index (κ1) is 22.9. The van der Waals surface area contributed by atoms with E-state index < -0.39 is 45.4 Å². The van der Waals surface area contributed by atoms with Gasteiger partial charge in [-0.2, -0.15) is 0 Å². The molecule has 5 rings (SSSR count). The summed E-state index contributed by atoms with van der Waals surface area (Å²) in [5, 5.41) is 2.88. The van der Waals surface area contributed by atoms with E-state index in [9.17, 15) is 26.8 Å². The molecule has 1 aliphatic carbocycles. The molecule has 0 bridgehead atoms. The van der Waals surface area contributed by atoms with Crippen LogP contribution in [0.5, 0.6) is 0 Å². The number of nitrogens with one attached hydrogen (secondary N) is 1. The van der Waals surface area contributed by atoms with Gasteiger partial charge in [-0.05, 0) is 43.0 Å². The van der Waals surface area contributed by atoms with Crippen molar-refractivity contribution in [1.82, 2.24) is 10.2 Å². The third kappa shape index (κ3) is 4.20. The zero-order chi connectivity index (χ0) is 24.2. The first-order valence-electron chi connectivity index (χ1n) is 11.1. The molecule has 1 saturated carbocycles. The molecular weight excluding hydrogens is 466 g/mol. The van der Waals surface area contributed by atoms with Crippen molar-refractivity contribution < 1.29 is 31.5 Å². The number of hydrogen-bond donors (Lipinski definition) is 1. The maximum atomic E-state index is 14.5. The van der Waals surface area contributed by atoms with Gasteiger partial charge in [0.2, 0.25) is 5.91 Å². The number of ether oxygens (including phenoxy) is 1. The smallest absolute Gasteiger partial charge is 0.254 e. The summed E-state index contributed by atoms with van der Waals surface area (Å²) in [5.41, 5.74) is 0.367. The van der Waals surface area contributed by atoms with Crippen molar-refractivity contribution in [2.45, 2.75) is 35.9 Å². The van der Waals surface area contributed by atoms with E-state index in [4.69, 9.17) is 4.74 Å². The molecule has 1 unspecified atom stereocenters. The van der Waals surface area contributed by atoms with E-state index in [-0.39, 0.29) is 33.9 Å². The fraction of sp³-hybridized carbons (Fsp3) is 0.417. The second kappa shape index (κ2) is 8.42. The largest absolute Gasteiger partial charge is 0.381 e. The van der Waals surface area contributed by atoms with Crippen LogP contribution in [0.3, 0.4) is 0 Å². The molecular formula is C24H24F2N2O5S. The lowest BCUT2D eigenvalue weighted by molar-refractivity contribution is -0.128. The van der Waals surface area contributed by atoms with Gasteiger partial charge in [0.05, 0.1) is 24.2 Å². The maximum absolute atomic E-state index is 14.5. The van der Waals surface area contributed by atoms with Crippen LogP contribution < -0.4 is 5.32 Å². The number of hydrogen-bond acceptors (Lipinski definition) is 5. The summed E-state index contributed by atoms with van der Waals surface area (Å²) in [6.45, 7) is 0.664. The number of rotatable bonds is 6. The molecule has 0 spiro atoms. The van der Waals surface area contributed by atoms with Gasteiger partial charge in [0.15, 0.2) is 9.84 Å². The SMILES string of the molecule is CS(=O)(=O)c1cccc(C(=O)N2[C@@H](C(=O)NC(c3ccc(F)cc3F)C3COC3)C[C@H]3C[C@H]32)c1. The van der Waals surface area contributed by atoms with Gasteiger partial charge >= 0.3 is 0 Å². The lowest BCUT2D eigenvalue weighted by Crippen LogP contribution is -2.51. The molecule has 2 aromatic carbocycles. The Balaban J connectivity index is 1.39. The Labute approximate surface area is 196 Å². The van der Waals surface area contributed by atoms with E-state index in [1.165, 1.54) is 35.2 Å². The van der Waals surface area contributed by atoms with E-state index in [2.05, 4.69) is 5.32 Å². The fourth-order valence-corrected chi connectivity index (χ4v) is 5.56. The molecule has 2 aromatic rings. The van der Waals surface area contributed by atoms with Crippen LogP contribution in [0.15, 0.2) is 47.4 Å². The normalized spacial score (nSPS) is 24.8. The quantitative estimate of drug-likeness (QED) is 0.672. The van der Waals surface area contributed by atoms with Crippen LogP contribution in [-0.2, 0) is 19.4 Å². The fourth-order valence-electron chi connectivity index (χ4n) is 4.89. The molecule has 2 aliphatic heterocycles. The Kier molecular flexibility index (Phi) is 5.68. The molecule has 1 N–H and O–H groups in total. The molecule has 180 valence electrons. The molecule has 2 heterocycles. The van der Waals surface area contributed by atoms with Gasteiger partial charge in [-0.15, -0.1) is 0 Å². The summed E-state index contributed by atoms with van der Waals surface area (Å²) in [4.78, 5) is 28.3. The molecule has 3 fully saturated rings. The van der Waals surface area contributed by atoms with Crippen molar-refractivity contribution in [1.29, 1.82) is 0 Å². The summed E-state index contributed by atoms with van der Waals surface area (Å²) < 4.78 is 57.0. The first-order chi connectivity index (χ1) is 16.1. The molecule has 0 aromatic heterocycles. The van der Waals surface area contributed by atoms with Gasteiger partial charge in [0, 0.05) is 35.4 Å². The Hall–Kier alpha value is -2.85. The Morgan fingerprint density at radius 1 is 1.12 bits per heavy atom. The van der Waals surface area contributed by atoms with Gasteiger partial charge in [0.25, 0.3) is 5.91 Å². The highest BCUT2D eigenvalue weighted by Gasteiger charge is 2.56. The second-order valence-electron chi connectivity index (χ2n) is 9.28. The lowest BCUT2D eigenvalue weighted by atomic mass is 9.90. The topological polar surface area (TPSA) is 92.8 Å². The highest BCUT2D eigenvalue weighted by molar-refractivity contribution is 7.90. The summed E-state index contributed by atoms with van der Waals surface area (Å²) in [5.74, 6) is -2.26. The van der Waals surface area contributed by atoms with Crippen LogP contribution in [0.2, 0.25) is 0 Å². The Morgan fingerprint density at radius 3 is 2.53 bits per heavy atom. The molecule has 3 aliphatic rings. The predicted octanol–water partition coefficient (Wildman–Crippen LogP) is 2.48. The first-order valence-corrected chi connectivity index (χ1v) is 13.0. The number of amides is 2. The maximum Gasteiger partial charge on any atom is 0.254 e. The van der Waals surface area contributed by atoms with Crippen LogP contribution in [0.1, 0.15) is 34.8 Å². The summed E-state index contributed by atoms with van der Waals surface area (Å²) in [6, 6.07) is 7.46. The average Bonchev–Trinajstić information content (AvgIpc) is 3.40. The van der Waals surface area contributed by atoms with Gasteiger partial charge in [0.1, 0.15) is 17.7 Å². The number of fused-ring (bicyclic) bond motifs is 1. The monoisotopic (exact) mass is 490 g/mol. The number of benzene rings is 2. The minimum atomic E-state index is -3.50. The predicted molar refractivity (Wildman–Crippen MR) is 118 cm³/mol. The summed E-state index contributed by atoms with van der Waals surface area (Å²) in [7, 11) is -3.50. The van der Waals surface area contributed by atoms with Crippen molar-refractivity contribution in [2.24, 2.45) is 11.8 Å². The van der Waals surface area contributed by atoms with Crippen LogP contribution in [-0.4, -0.2) is 56.7 Å². The van der Waals surface area contributed by atoms with Gasteiger partial charge in [-0.25, -0.2) is 17.2 Å². The van der Waals surface area contributed by atoms with E-state index in [1.807, 2.05) is 0 Å². The van der Waals surface area contributed by atoms with Gasteiger partial charge in [-0.3, -0.25) is 9.59 Å². The number of sulfone groups is 1. The van der Waals surface area contributed by atoms with E-state index in [0.717, 1.165) is 24.8 Å². The lowest BCUT2D eigenvalue weighted by Gasteiger charge is -2.36. The molecule has 2 saturated heterocycles. The van der Waals surface area contributed by atoms with E-state index in [1.54, 1.807) is 0 Å². The highest BCUT2D eigenvalue weighted by Crippen LogP contribution is 2.48. The number of nitrogens with zero attached hydrogens (tertiary/aromatic N) is 1. The Bertz CT molecular complexity index is 1260. The van der Waals surface area contributed by atoms with Crippen LogP contribution in [0.25, 0.3) is 0 Å². The molecule has 7 nitrogen and oxygen atoms in total. The van der Waals surface area contributed by atoms with E-state index >= 15 is 0 Å². The molecule has 2 amide bonds. The molecule has 0 radical (unpaired) electrons. The van der Waals surface area contributed by atoms with Crippen molar-refractivity contribution in [3.8, 4) is 0 Å². The number of likely N-dealkylation sites (tertiary alicyclic amines) is 1. The molecule has 4 atom stereocenters. The minimum Gasteiger partial charge on any atom is -0.381 e. The number of piperidine rings is 1. The molecule has 34 heavy (non-hydrogen) atoms. The van der Waals surface area contributed by atoms with E-state index in [0.29, 0.717) is 19.6 Å². The third-order valence-corrected chi connectivity index (χ3v) is 7.99. The minimum absolute atomic E-state index is 0.0303. The van der Waals surface area contributed by atoms with Crippen molar-refractivity contribution in [2.75, 3.05) is 19.5 Å². The highest BCUT2D eigenvalue weighted by atomic mass is 32.2. The zero-order valence-corrected chi connectivity index (χ0v) is 19.2. The number of carbonyl (C=O) groups excluding carboxylic acids is 2. The van der Waals surface area contributed by atoms with Crippen LogP contribution in [0, 0.1) is 23.5 Å². The standard InChI is InChI=1S/C24H24F2N2O5S/c1-34(31,32)17-4-2-3-13(7-17)24(30)28-20-8-14(20)9-21(28)23(29)27-22(15-11-33-12-15)18-6-5-16(25)10-19(18)26/h2-7,10,14-15,20-22H,8-9,11-12H2,1H3,(H,27,29)/t14-,20-,21-,22?/m1/s1. The van der Waals surface area contributed by atoms with Crippen molar-refractivity contribution in [3.05, 3.63) is 65.2 Å². The van der Waals surface area contributed by atoms with Gasteiger partial charge in [-0.1, -0.05) is 12.1 Å². The summed E-state index contributed by atoms with van der Waals surface area (Å²) >= 11 is 0. The zero-order valence-electron chi connectivity index (χ0n) is 18.4. The van der Waals surface area contributed by atoms with Gasteiger partial charge < -0.3 is 15.0 Å².